The summed E-state index contributed by atoms with van der Waals surface area (Å²) in [5.41, 5.74) is 1.17. The van der Waals surface area contributed by atoms with Crippen molar-refractivity contribution in [2.75, 3.05) is 7.11 Å². The van der Waals surface area contributed by atoms with Gasteiger partial charge in [0.05, 0.1) is 24.7 Å². The highest BCUT2D eigenvalue weighted by Crippen LogP contribution is 2.13. The Morgan fingerprint density at radius 3 is 2.56 bits per heavy atom. The molecule has 1 unspecified atom stereocenters. The fraction of sp³-hybridized carbons (Fsp3) is 0.308. The van der Waals surface area contributed by atoms with Crippen molar-refractivity contribution in [3.8, 4) is 6.07 Å². The Labute approximate surface area is 105 Å². The third kappa shape index (κ3) is 3.40. The van der Waals surface area contributed by atoms with Gasteiger partial charge in [-0.3, -0.25) is 0 Å². The molecule has 0 aliphatic heterocycles. The number of methoxy groups -OCH3 is 1. The van der Waals surface area contributed by atoms with Gasteiger partial charge in [-0.2, -0.15) is 5.26 Å². The van der Waals surface area contributed by atoms with Gasteiger partial charge in [0.2, 0.25) is 0 Å². The molecule has 94 valence electrons. The third-order valence-electron chi connectivity index (χ3n) is 2.55. The molecule has 1 aromatic rings. The SMILES string of the molecule is COC(=O)c1ccc(CC(C#N)[C@H](O)C=O)cc1. The van der Waals surface area contributed by atoms with Crippen LogP contribution in [-0.2, 0) is 16.0 Å². The number of ether oxygens (including phenoxy) is 1. The first-order valence-electron chi connectivity index (χ1n) is 5.32. The van der Waals surface area contributed by atoms with E-state index in [1.165, 1.54) is 7.11 Å². The fourth-order valence-electron chi connectivity index (χ4n) is 1.49. The average molecular weight is 247 g/mol. The Kier molecular flexibility index (Phi) is 5.03. The summed E-state index contributed by atoms with van der Waals surface area (Å²) in [4.78, 5) is 21.6. The number of carbonyl (C=O) groups is 2. The molecule has 0 heterocycles. The van der Waals surface area contributed by atoms with Crippen LogP contribution in [0.4, 0.5) is 0 Å². The smallest absolute Gasteiger partial charge is 0.337 e. The van der Waals surface area contributed by atoms with Gasteiger partial charge in [-0.05, 0) is 24.1 Å². The number of esters is 1. The Morgan fingerprint density at radius 2 is 2.11 bits per heavy atom. The highest BCUT2D eigenvalue weighted by Gasteiger charge is 2.18. The predicted octanol–water partition coefficient (Wildman–Crippen LogP) is 0.715. The van der Waals surface area contributed by atoms with Gasteiger partial charge in [-0.15, -0.1) is 0 Å². The van der Waals surface area contributed by atoms with E-state index in [9.17, 15) is 14.7 Å². The first-order chi connectivity index (χ1) is 8.62. The number of aliphatic hydroxyl groups excluding tert-OH is 1. The van der Waals surface area contributed by atoms with Gasteiger partial charge in [-0.1, -0.05) is 12.1 Å². The number of carbonyl (C=O) groups excluding carboxylic acids is 2. The molecule has 0 aliphatic rings. The van der Waals surface area contributed by atoms with E-state index in [0.717, 1.165) is 5.56 Å². The predicted molar refractivity (Wildman–Crippen MR) is 62.7 cm³/mol. The van der Waals surface area contributed by atoms with E-state index in [2.05, 4.69) is 4.74 Å². The van der Waals surface area contributed by atoms with Crippen LogP contribution in [0, 0.1) is 17.2 Å². The number of aldehydes is 1. The Balaban J connectivity index is 2.77. The van der Waals surface area contributed by atoms with Crippen LogP contribution in [0.15, 0.2) is 24.3 Å². The maximum Gasteiger partial charge on any atom is 0.337 e. The summed E-state index contributed by atoms with van der Waals surface area (Å²) in [6.07, 6.45) is -0.704. The highest BCUT2D eigenvalue weighted by atomic mass is 16.5. The van der Waals surface area contributed by atoms with E-state index in [1.807, 2.05) is 6.07 Å². The minimum atomic E-state index is -1.30. The number of nitriles is 1. The molecule has 0 fully saturated rings. The second-order valence-electron chi connectivity index (χ2n) is 3.75. The van der Waals surface area contributed by atoms with E-state index < -0.39 is 18.0 Å². The molecule has 1 N–H and O–H groups in total. The maximum absolute atomic E-state index is 11.2. The molecule has 18 heavy (non-hydrogen) atoms. The van der Waals surface area contributed by atoms with Crippen molar-refractivity contribution in [2.24, 2.45) is 5.92 Å². The molecule has 0 saturated heterocycles. The van der Waals surface area contributed by atoms with Crippen molar-refractivity contribution in [1.82, 2.24) is 0 Å². The first kappa shape index (κ1) is 13.9. The number of benzene rings is 1. The molecule has 5 heteroatoms. The number of aliphatic hydroxyl groups is 1. The zero-order valence-corrected chi connectivity index (χ0v) is 9.87. The van der Waals surface area contributed by atoms with Crippen LogP contribution in [0.3, 0.4) is 0 Å². The topological polar surface area (TPSA) is 87.4 Å². The summed E-state index contributed by atoms with van der Waals surface area (Å²) in [6, 6.07) is 8.34. The lowest BCUT2D eigenvalue weighted by Crippen LogP contribution is -2.22. The number of nitrogens with zero attached hydrogens (tertiary/aromatic N) is 1. The van der Waals surface area contributed by atoms with Crippen molar-refractivity contribution in [3.05, 3.63) is 35.4 Å². The van der Waals surface area contributed by atoms with E-state index in [1.54, 1.807) is 24.3 Å². The zero-order chi connectivity index (χ0) is 13.5. The van der Waals surface area contributed by atoms with Crippen molar-refractivity contribution in [3.63, 3.8) is 0 Å². The molecule has 0 aromatic heterocycles. The number of rotatable bonds is 5. The van der Waals surface area contributed by atoms with Crippen LogP contribution < -0.4 is 0 Å². The molecule has 1 rings (SSSR count). The quantitative estimate of drug-likeness (QED) is 0.611. The van der Waals surface area contributed by atoms with E-state index in [0.29, 0.717) is 11.8 Å². The van der Waals surface area contributed by atoms with E-state index >= 15 is 0 Å². The summed E-state index contributed by atoms with van der Waals surface area (Å²) < 4.78 is 4.56. The molecular formula is C13H13NO4. The van der Waals surface area contributed by atoms with Crippen LogP contribution in [-0.4, -0.2) is 30.6 Å². The maximum atomic E-state index is 11.2. The van der Waals surface area contributed by atoms with Crippen LogP contribution >= 0.6 is 0 Å². The molecule has 0 radical (unpaired) electrons. The largest absolute Gasteiger partial charge is 0.465 e. The molecule has 0 aliphatic carbocycles. The molecule has 0 saturated carbocycles. The summed E-state index contributed by atoms with van der Waals surface area (Å²) >= 11 is 0. The second kappa shape index (κ2) is 6.52. The summed E-state index contributed by atoms with van der Waals surface area (Å²) in [6.45, 7) is 0. The molecule has 0 spiro atoms. The second-order valence-corrected chi connectivity index (χ2v) is 3.75. The Bertz CT molecular complexity index is 461. The monoisotopic (exact) mass is 247 g/mol. The molecule has 0 amide bonds. The fourth-order valence-corrected chi connectivity index (χ4v) is 1.49. The molecule has 5 nitrogen and oxygen atoms in total. The molecule has 0 bridgehead atoms. The highest BCUT2D eigenvalue weighted by molar-refractivity contribution is 5.89. The lowest BCUT2D eigenvalue weighted by Gasteiger charge is -2.11. The van der Waals surface area contributed by atoms with Gasteiger partial charge in [0.1, 0.15) is 12.4 Å². The average Bonchev–Trinajstić information content (AvgIpc) is 2.43. The Hall–Kier alpha value is -2.19. The van der Waals surface area contributed by atoms with Crippen molar-refractivity contribution in [2.45, 2.75) is 12.5 Å². The van der Waals surface area contributed by atoms with Gasteiger partial charge in [-0.25, -0.2) is 4.79 Å². The lowest BCUT2D eigenvalue weighted by molar-refractivity contribution is -0.116. The summed E-state index contributed by atoms with van der Waals surface area (Å²) in [5, 5.41) is 18.1. The normalized spacial score (nSPS) is 13.2. The van der Waals surface area contributed by atoms with Crippen LogP contribution in [0.2, 0.25) is 0 Å². The minimum Gasteiger partial charge on any atom is -0.465 e. The lowest BCUT2D eigenvalue weighted by atomic mass is 9.95. The number of hydrogen-bond acceptors (Lipinski definition) is 5. The molecule has 2 atom stereocenters. The third-order valence-corrected chi connectivity index (χ3v) is 2.55. The van der Waals surface area contributed by atoms with E-state index in [4.69, 9.17) is 5.26 Å². The standard InChI is InChI=1S/C13H13NO4/c1-18-13(17)10-4-2-9(3-5-10)6-11(7-14)12(16)8-15/h2-5,8,11-12,16H,6H2,1H3/t11?,12-/m1/s1. The van der Waals surface area contributed by atoms with Crippen molar-refractivity contribution < 1.29 is 19.4 Å². The Morgan fingerprint density at radius 1 is 1.50 bits per heavy atom. The van der Waals surface area contributed by atoms with E-state index in [-0.39, 0.29) is 6.42 Å². The van der Waals surface area contributed by atoms with Crippen molar-refractivity contribution in [1.29, 1.82) is 5.26 Å². The molecular weight excluding hydrogens is 234 g/mol. The first-order valence-corrected chi connectivity index (χ1v) is 5.32. The van der Waals surface area contributed by atoms with Gasteiger partial charge >= 0.3 is 5.97 Å². The van der Waals surface area contributed by atoms with Crippen LogP contribution in [0.5, 0.6) is 0 Å². The summed E-state index contributed by atoms with van der Waals surface area (Å²) in [5.74, 6) is -1.22. The van der Waals surface area contributed by atoms with Gasteiger partial charge in [0.15, 0.2) is 0 Å². The van der Waals surface area contributed by atoms with Gasteiger partial charge in [0, 0.05) is 0 Å². The van der Waals surface area contributed by atoms with Crippen molar-refractivity contribution >= 4 is 12.3 Å². The molecule has 1 aromatic carbocycles. The van der Waals surface area contributed by atoms with Gasteiger partial charge in [0.25, 0.3) is 0 Å². The zero-order valence-electron chi connectivity index (χ0n) is 9.87. The summed E-state index contributed by atoms with van der Waals surface area (Å²) in [7, 11) is 1.29. The van der Waals surface area contributed by atoms with Crippen LogP contribution in [0.1, 0.15) is 15.9 Å². The minimum absolute atomic E-state index is 0.248. The number of hydrogen-bond donors (Lipinski definition) is 1. The van der Waals surface area contributed by atoms with Crippen LogP contribution in [0.25, 0.3) is 0 Å². The van der Waals surface area contributed by atoms with Gasteiger partial charge < -0.3 is 14.6 Å².